The number of anilines is 2. The first-order valence-electron chi connectivity index (χ1n) is 14.3. The molecule has 1 unspecified atom stereocenters. The fraction of sp³-hybridized carbons (Fsp3) is 0.433. The second kappa shape index (κ2) is 11.2. The molecule has 1 atom stereocenters. The summed E-state index contributed by atoms with van der Waals surface area (Å²) in [4.78, 5) is 36.9. The Morgan fingerprint density at radius 1 is 1.00 bits per heavy atom. The van der Waals surface area contributed by atoms with Gasteiger partial charge in [-0.25, -0.2) is 19.9 Å². The molecule has 220 valence electrons. The number of pyridine rings is 1. The molecule has 3 aromatic heterocycles. The second-order valence-electron chi connectivity index (χ2n) is 11.0. The highest BCUT2D eigenvalue weighted by molar-refractivity contribution is 5.79. The Labute approximate surface area is 242 Å². The lowest BCUT2D eigenvalue weighted by atomic mass is 9.91. The van der Waals surface area contributed by atoms with Crippen molar-refractivity contribution < 1.29 is 18.0 Å². The molecule has 0 spiro atoms. The van der Waals surface area contributed by atoms with Gasteiger partial charge in [0.15, 0.2) is 5.65 Å². The molecule has 0 aliphatic carbocycles. The maximum atomic E-state index is 14.0. The molecule has 0 N–H and O–H groups in total. The number of aromatic nitrogens is 5. The van der Waals surface area contributed by atoms with Crippen LogP contribution in [-0.4, -0.2) is 67.5 Å². The summed E-state index contributed by atoms with van der Waals surface area (Å²) in [6.07, 6.45) is 4.39. The van der Waals surface area contributed by atoms with Gasteiger partial charge in [-0.3, -0.25) is 4.79 Å². The van der Waals surface area contributed by atoms with Crippen molar-refractivity contribution >= 4 is 28.4 Å². The summed E-state index contributed by atoms with van der Waals surface area (Å²) in [6.45, 7) is 6.45. The van der Waals surface area contributed by atoms with Crippen LogP contribution in [0.5, 0.6) is 0 Å². The number of benzene rings is 1. The molecule has 6 rings (SSSR count). The smallest absolute Gasteiger partial charge is 0.367 e. The van der Waals surface area contributed by atoms with Crippen LogP contribution in [0.15, 0.2) is 49.2 Å². The molecule has 0 bridgehead atoms. The lowest BCUT2D eigenvalue weighted by molar-refractivity contribution is -0.138. The van der Waals surface area contributed by atoms with E-state index >= 15 is 0 Å². The van der Waals surface area contributed by atoms with Gasteiger partial charge in [0, 0.05) is 57.1 Å². The number of carbonyl (C=O) groups excluding carboxylic acids is 1. The normalized spacial score (nSPS) is 17.5. The Bertz CT molecular complexity index is 1590. The van der Waals surface area contributed by atoms with Crippen molar-refractivity contribution in [1.82, 2.24) is 29.4 Å². The van der Waals surface area contributed by atoms with E-state index < -0.39 is 11.7 Å². The Morgan fingerprint density at radius 2 is 1.81 bits per heavy atom. The van der Waals surface area contributed by atoms with Gasteiger partial charge < -0.3 is 19.3 Å². The standard InChI is InChI=1S/C30H33F3N8O/c1-3-5-27-35-14-21(15-36-27)38-11-9-22-23(17-38)26(8-7-24(22)30(31,32)33)39-12-13-41(20(2)16-39)28(42)18-40-19-37-25-6-4-10-34-29(25)40/h4,6-8,10,14-15,19-20H,3,5,9,11-13,16-18H2,1-2H3. The van der Waals surface area contributed by atoms with Crippen LogP contribution in [0.1, 0.15) is 42.8 Å². The van der Waals surface area contributed by atoms with E-state index in [0.717, 1.165) is 35.6 Å². The fourth-order valence-electron chi connectivity index (χ4n) is 6.10. The van der Waals surface area contributed by atoms with Gasteiger partial charge in [0.25, 0.3) is 0 Å². The highest BCUT2D eigenvalue weighted by Crippen LogP contribution is 2.40. The number of halogens is 3. The van der Waals surface area contributed by atoms with Gasteiger partial charge in [0.05, 0.1) is 30.0 Å². The molecule has 2 aliphatic heterocycles. The zero-order chi connectivity index (χ0) is 29.4. The fourth-order valence-corrected chi connectivity index (χ4v) is 6.10. The molecule has 1 amide bonds. The first-order chi connectivity index (χ1) is 20.2. The number of amides is 1. The van der Waals surface area contributed by atoms with Crippen molar-refractivity contribution in [1.29, 1.82) is 0 Å². The summed E-state index contributed by atoms with van der Waals surface area (Å²) < 4.78 is 43.9. The molecule has 1 fully saturated rings. The molecule has 12 heteroatoms. The first kappa shape index (κ1) is 27.9. The minimum absolute atomic E-state index is 0.0424. The SMILES string of the molecule is CCCc1ncc(N2CCc3c(C(F)(F)F)ccc(N4CCN(C(=O)Cn5cnc6cccnc65)C(C)C4)c3C2)cn1. The number of hydrogen-bond acceptors (Lipinski definition) is 7. The summed E-state index contributed by atoms with van der Waals surface area (Å²) in [7, 11) is 0. The molecular weight excluding hydrogens is 545 g/mol. The van der Waals surface area contributed by atoms with E-state index in [-0.39, 0.29) is 24.9 Å². The van der Waals surface area contributed by atoms with E-state index in [4.69, 9.17) is 0 Å². The van der Waals surface area contributed by atoms with Crippen molar-refractivity contribution in [2.45, 2.75) is 58.4 Å². The lowest BCUT2D eigenvalue weighted by Crippen LogP contribution is -2.55. The number of aryl methyl sites for hydroxylation is 1. The third kappa shape index (κ3) is 5.37. The van der Waals surface area contributed by atoms with Gasteiger partial charge in [-0.1, -0.05) is 6.92 Å². The van der Waals surface area contributed by atoms with E-state index in [1.54, 1.807) is 41.6 Å². The van der Waals surface area contributed by atoms with Gasteiger partial charge in [-0.05, 0) is 55.2 Å². The molecule has 0 radical (unpaired) electrons. The highest BCUT2D eigenvalue weighted by atomic mass is 19.4. The molecule has 5 heterocycles. The highest BCUT2D eigenvalue weighted by Gasteiger charge is 2.38. The predicted octanol–water partition coefficient (Wildman–Crippen LogP) is 4.49. The molecule has 1 aromatic carbocycles. The molecular formula is C30H33F3N8O. The first-order valence-corrected chi connectivity index (χ1v) is 14.3. The summed E-state index contributed by atoms with van der Waals surface area (Å²) in [5.74, 6) is 0.719. The lowest BCUT2D eigenvalue weighted by Gasteiger charge is -2.43. The average Bonchev–Trinajstić information content (AvgIpc) is 3.39. The zero-order valence-corrected chi connectivity index (χ0v) is 23.7. The molecule has 42 heavy (non-hydrogen) atoms. The number of fused-ring (bicyclic) bond motifs is 2. The van der Waals surface area contributed by atoms with Crippen molar-refractivity contribution in [3.05, 3.63) is 71.7 Å². The Morgan fingerprint density at radius 3 is 2.55 bits per heavy atom. The summed E-state index contributed by atoms with van der Waals surface area (Å²) in [6, 6.07) is 6.33. The van der Waals surface area contributed by atoms with E-state index in [1.165, 1.54) is 6.07 Å². The van der Waals surface area contributed by atoms with Gasteiger partial charge >= 0.3 is 6.18 Å². The number of alkyl halides is 3. The second-order valence-corrected chi connectivity index (χ2v) is 11.0. The minimum atomic E-state index is -4.43. The van der Waals surface area contributed by atoms with Crippen molar-refractivity contribution in [2.75, 3.05) is 36.0 Å². The molecule has 0 saturated carbocycles. The maximum absolute atomic E-state index is 14.0. The van der Waals surface area contributed by atoms with Crippen LogP contribution in [0.3, 0.4) is 0 Å². The van der Waals surface area contributed by atoms with Crippen LogP contribution in [0, 0.1) is 0 Å². The van der Waals surface area contributed by atoms with E-state index in [9.17, 15) is 18.0 Å². The molecule has 9 nitrogen and oxygen atoms in total. The van der Waals surface area contributed by atoms with Crippen molar-refractivity contribution in [3.63, 3.8) is 0 Å². The Kier molecular flexibility index (Phi) is 7.46. The van der Waals surface area contributed by atoms with Crippen LogP contribution in [0.2, 0.25) is 0 Å². The van der Waals surface area contributed by atoms with Crippen LogP contribution < -0.4 is 9.80 Å². The monoisotopic (exact) mass is 578 g/mol. The zero-order valence-electron chi connectivity index (χ0n) is 23.7. The van der Waals surface area contributed by atoms with Crippen molar-refractivity contribution in [3.8, 4) is 0 Å². The van der Waals surface area contributed by atoms with Gasteiger partial charge in [-0.15, -0.1) is 0 Å². The van der Waals surface area contributed by atoms with E-state index in [0.29, 0.717) is 49.5 Å². The van der Waals surface area contributed by atoms with Crippen molar-refractivity contribution in [2.24, 2.45) is 0 Å². The van der Waals surface area contributed by atoms with Gasteiger partial charge in [-0.2, -0.15) is 13.2 Å². The number of rotatable bonds is 6. The predicted molar refractivity (Wildman–Crippen MR) is 153 cm³/mol. The average molecular weight is 579 g/mol. The molecule has 2 aliphatic rings. The number of piperazine rings is 1. The minimum Gasteiger partial charge on any atom is -0.367 e. The van der Waals surface area contributed by atoms with E-state index in [2.05, 4.69) is 31.8 Å². The Balaban J connectivity index is 1.22. The number of carbonyl (C=O) groups is 1. The maximum Gasteiger partial charge on any atom is 0.416 e. The number of nitrogens with zero attached hydrogens (tertiary/aromatic N) is 8. The van der Waals surface area contributed by atoms with Gasteiger partial charge in [0.1, 0.15) is 17.9 Å². The van der Waals surface area contributed by atoms with Gasteiger partial charge in [0.2, 0.25) is 5.91 Å². The Hall–Kier alpha value is -4.22. The third-order valence-corrected chi connectivity index (χ3v) is 8.19. The van der Waals surface area contributed by atoms with E-state index in [1.807, 2.05) is 22.8 Å². The number of hydrogen-bond donors (Lipinski definition) is 0. The van der Waals surface area contributed by atoms with Crippen LogP contribution in [-0.2, 0) is 36.9 Å². The van der Waals surface area contributed by atoms with Crippen LogP contribution in [0.4, 0.5) is 24.5 Å². The molecule has 1 saturated heterocycles. The summed E-state index contributed by atoms with van der Waals surface area (Å²) >= 11 is 0. The van der Waals surface area contributed by atoms with Crippen LogP contribution in [0.25, 0.3) is 11.2 Å². The third-order valence-electron chi connectivity index (χ3n) is 8.19. The summed E-state index contributed by atoms with van der Waals surface area (Å²) in [5.41, 5.74) is 3.43. The number of imidazole rings is 1. The quantitative estimate of drug-likeness (QED) is 0.333. The summed E-state index contributed by atoms with van der Waals surface area (Å²) in [5, 5.41) is 0. The molecule has 4 aromatic rings. The van der Waals surface area contributed by atoms with Crippen LogP contribution >= 0.6 is 0 Å². The largest absolute Gasteiger partial charge is 0.416 e. The topological polar surface area (TPSA) is 83.3 Å².